The molecule has 2 fully saturated rings. The van der Waals surface area contributed by atoms with Crippen LogP contribution in [0.5, 0.6) is 0 Å². The maximum atomic E-state index is 14.5. The van der Waals surface area contributed by atoms with Crippen LogP contribution >= 0.6 is 23.2 Å². The highest BCUT2D eigenvalue weighted by atomic mass is 35.5. The molecule has 4 amide bonds. The van der Waals surface area contributed by atoms with Gasteiger partial charge < -0.3 is 20.4 Å². The Morgan fingerprint density at radius 3 is 1.38 bits per heavy atom. The van der Waals surface area contributed by atoms with Gasteiger partial charge in [-0.05, 0) is 85.3 Å². The monoisotopic (exact) mass is 818 g/mol. The minimum absolute atomic E-state index is 0.00341. The minimum atomic E-state index is -0.733. The summed E-state index contributed by atoms with van der Waals surface area (Å²) >= 11 is 12.3. The van der Waals surface area contributed by atoms with E-state index in [1.165, 1.54) is 46.2 Å². The van der Waals surface area contributed by atoms with Crippen LogP contribution in [0.2, 0.25) is 10.3 Å². The Balaban J connectivity index is 0.870. The first kappa shape index (κ1) is 38.6. The molecule has 58 heavy (non-hydrogen) atoms. The highest BCUT2D eigenvalue weighted by molar-refractivity contribution is 6.31. The van der Waals surface area contributed by atoms with Gasteiger partial charge >= 0.3 is 0 Å². The molecular weight excluding hydrogens is 785 g/mol. The SMILES string of the molecule is O=C(Nc1ccc(/C=C/c2ccc(NC(=O)[C@@H]3CCCN3C(=O)c3nc(Cl)cc4c(F)cccc34)cc2)cc1)[C@@H]1CCCN1C(=O)c1nc(Cl)cc2c(F)cccc12. The van der Waals surface area contributed by atoms with E-state index in [1.807, 2.05) is 36.4 Å². The normalized spacial score (nSPS) is 16.7. The fourth-order valence-electron chi connectivity index (χ4n) is 7.58. The number of benzene rings is 4. The summed E-state index contributed by atoms with van der Waals surface area (Å²) in [4.78, 5) is 65.4. The number of pyridine rings is 2. The summed E-state index contributed by atoms with van der Waals surface area (Å²) in [6.07, 6.45) is 5.99. The third-order valence-electron chi connectivity index (χ3n) is 10.4. The number of carbonyl (C=O) groups is 4. The van der Waals surface area contributed by atoms with Crippen LogP contribution < -0.4 is 10.6 Å². The van der Waals surface area contributed by atoms with E-state index in [4.69, 9.17) is 23.2 Å². The number of nitrogens with one attached hydrogen (secondary N) is 2. The molecule has 2 aromatic heterocycles. The first-order chi connectivity index (χ1) is 28.0. The van der Waals surface area contributed by atoms with E-state index in [0.29, 0.717) is 60.9 Å². The maximum absolute atomic E-state index is 14.5. The quantitative estimate of drug-likeness (QED) is 0.117. The molecule has 6 aromatic rings. The van der Waals surface area contributed by atoms with Crippen molar-refractivity contribution in [2.45, 2.75) is 37.8 Å². The number of carbonyl (C=O) groups excluding carboxylic acids is 4. The number of nitrogens with zero attached hydrogens (tertiary/aromatic N) is 4. The zero-order valence-corrected chi connectivity index (χ0v) is 32.2. The highest BCUT2D eigenvalue weighted by Crippen LogP contribution is 2.30. The average Bonchev–Trinajstić information content (AvgIpc) is 3.92. The summed E-state index contributed by atoms with van der Waals surface area (Å²) in [5, 5.41) is 6.83. The minimum Gasteiger partial charge on any atom is -0.325 e. The van der Waals surface area contributed by atoms with E-state index in [1.54, 1.807) is 36.4 Å². The molecule has 2 aliphatic rings. The van der Waals surface area contributed by atoms with Gasteiger partial charge in [0.25, 0.3) is 11.8 Å². The number of hydrogen-bond donors (Lipinski definition) is 2. The van der Waals surface area contributed by atoms with Crippen LogP contribution in [0.1, 0.15) is 57.8 Å². The van der Waals surface area contributed by atoms with E-state index in [9.17, 15) is 28.0 Å². The van der Waals surface area contributed by atoms with E-state index in [0.717, 1.165) is 11.1 Å². The van der Waals surface area contributed by atoms with Crippen LogP contribution in [0.4, 0.5) is 20.2 Å². The van der Waals surface area contributed by atoms with Crippen LogP contribution in [-0.4, -0.2) is 68.6 Å². The van der Waals surface area contributed by atoms with Crippen LogP contribution in [0.25, 0.3) is 33.7 Å². The second-order valence-electron chi connectivity index (χ2n) is 14.1. The fourth-order valence-corrected chi connectivity index (χ4v) is 7.97. The van der Waals surface area contributed by atoms with Crippen molar-refractivity contribution >= 4 is 91.9 Å². The summed E-state index contributed by atoms with van der Waals surface area (Å²) in [5.74, 6) is -2.68. The molecular formula is C44H34Cl2F2N6O4. The number of fused-ring (bicyclic) bond motifs is 2. The molecule has 10 nitrogen and oxygen atoms in total. The largest absolute Gasteiger partial charge is 0.325 e. The molecule has 292 valence electrons. The summed E-state index contributed by atoms with van der Waals surface area (Å²) in [5.41, 5.74) is 2.87. The van der Waals surface area contributed by atoms with Gasteiger partial charge in [-0.1, -0.05) is 83.9 Å². The molecule has 2 aliphatic heterocycles. The van der Waals surface area contributed by atoms with Gasteiger partial charge in [0.05, 0.1) is 0 Å². The molecule has 14 heteroatoms. The number of amides is 4. The summed E-state index contributed by atoms with van der Waals surface area (Å²) in [6, 6.07) is 24.6. The second kappa shape index (κ2) is 16.3. The molecule has 4 heterocycles. The molecule has 0 aliphatic carbocycles. The molecule has 0 saturated carbocycles. The van der Waals surface area contributed by atoms with Gasteiger partial charge in [-0.3, -0.25) is 19.2 Å². The Kier molecular flexibility index (Phi) is 10.9. The number of likely N-dealkylation sites (tertiary alicyclic amines) is 2. The Morgan fingerprint density at radius 2 is 0.983 bits per heavy atom. The Bertz CT molecular complexity index is 2460. The molecule has 2 saturated heterocycles. The van der Waals surface area contributed by atoms with E-state index >= 15 is 0 Å². The third-order valence-corrected chi connectivity index (χ3v) is 10.8. The van der Waals surface area contributed by atoms with Crippen LogP contribution in [0.15, 0.2) is 97.1 Å². The molecule has 8 rings (SSSR count). The Labute approximate surface area is 341 Å². The molecule has 4 aromatic carbocycles. The second-order valence-corrected chi connectivity index (χ2v) is 14.9. The predicted molar refractivity (Wildman–Crippen MR) is 221 cm³/mol. The molecule has 0 unspecified atom stereocenters. The summed E-state index contributed by atoms with van der Waals surface area (Å²) in [7, 11) is 0. The lowest BCUT2D eigenvalue weighted by Crippen LogP contribution is -2.43. The van der Waals surface area contributed by atoms with Gasteiger partial charge in [-0.15, -0.1) is 0 Å². The smallest absolute Gasteiger partial charge is 0.273 e. The van der Waals surface area contributed by atoms with Crippen molar-refractivity contribution in [3.05, 3.63) is 142 Å². The lowest BCUT2D eigenvalue weighted by atomic mass is 10.1. The van der Waals surface area contributed by atoms with Crippen molar-refractivity contribution in [1.82, 2.24) is 19.8 Å². The van der Waals surface area contributed by atoms with Gasteiger partial charge in [0.1, 0.15) is 45.4 Å². The van der Waals surface area contributed by atoms with Gasteiger partial charge in [-0.25, -0.2) is 18.7 Å². The van der Waals surface area contributed by atoms with Gasteiger partial charge in [-0.2, -0.15) is 0 Å². The van der Waals surface area contributed by atoms with Crippen LogP contribution in [-0.2, 0) is 9.59 Å². The number of anilines is 2. The lowest BCUT2D eigenvalue weighted by Gasteiger charge is -2.24. The standard InChI is InChI=1S/C44H34Cl2F2N6O4/c45-37-23-31-29(5-1-7-33(31)47)39(51-37)43(57)53-21-3-9-35(53)41(55)49-27-17-13-25(14-18-27)11-12-26-15-19-28(20-16-26)50-42(56)36-10-4-22-54(36)44(58)40-30-6-2-8-34(48)32(30)24-38(46)52-40/h1-2,5-8,11-20,23-24,35-36H,3-4,9-10,21-22H2,(H,49,55)(H,50,56)/b12-11+/t35-,36-/m0/s1. The van der Waals surface area contributed by atoms with E-state index in [-0.39, 0.29) is 44.3 Å². The van der Waals surface area contributed by atoms with Crippen molar-refractivity contribution in [2.75, 3.05) is 23.7 Å². The predicted octanol–water partition coefficient (Wildman–Crippen LogP) is 9.03. The highest BCUT2D eigenvalue weighted by Gasteiger charge is 2.37. The van der Waals surface area contributed by atoms with Crippen molar-refractivity contribution in [3.8, 4) is 0 Å². The maximum Gasteiger partial charge on any atom is 0.273 e. The molecule has 0 bridgehead atoms. The van der Waals surface area contributed by atoms with E-state index < -0.39 is 35.5 Å². The van der Waals surface area contributed by atoms with Gasteiger partial charge in [0.2, 0.25) is 11.8 Å². The zero-order valence-electron chi connectivity index (χ0n) is 30.7. The Morgan fingerprint density at radius 1 is 0.586 bits per heavy atom. The Hall–Kier alpha value is -6.24. The number of halogens is 4. The first-order valence-corrected chi connectivity index (χ1v) is 19.4. The van der Waals surface area contributed by atoms with E-state index in [2.05, 4.69) is 20.6 Å². The summed E-state index contributed by atoms with van der Waals surface area (Å²) < 4.78 is 29.0. The molecule has 0 spiro atoms. The lowest BCUT2D eigenvalue weighted by molar-refractivity contribution is -0.120. The topological polar surface area (TPSA) is 125 Å². The molecule has 0 radical (unpaired) electrons. The van der Waals surface area contributed by atoms with Crippen molar-refractivity contribution in [1.29, 1.82) is 0 Å². The van der Waals surface area contributed by atoms with Crippen LogP contribution in [0, 0.1) is 11.6 Å². The third kappa shape index (κ3) is 7.85. The number of hydrogen-bond acceptors (Lipinski definition) is 6. The van der Waals surface area contributed by atoms with Gasteiger partial charge in [0.15, 0.2) is 0 Å². The first-order valence-electron chi connectivity index (χ1n) is 18.7. The number of rotatable bonds is 8. The van der Waals surface area contributed by atoms with Crippen molar-refractivity contribution < 1.29 is 28.0 Å². The molecule has 2 atom stereocenters. The number of aromatic nitrogens is 2. The average molecular weight is 820 g/mol. The fraction of sp³-hybridized carbons (Fsp3) is 0.182. The van der Waals surface area contributed by atoms with Crippen molar-refractivity contribution in [2.24, 2.45) is 0 Å². The van der Waals surface area contributed by atoms with Crippen molar-refractivity contribution in [3.63, 3.8) is 0 Å². The molecule has 2 N–H and O–H groups in total. The van der Waals surface area contributed by atoms with Crippen LogP contribution in [0.3, 0.4) is 0 Å². The van der Waals surface area contributed by atoms with Gasteiger partial charge in [0, 0.05) is 46.0 Å². The summed E-state index contributed by atoms with van der Waals surface area (Å²) in [6.45, 7) is 0.702. The zero-order chi connectivity index (χ0) is 40.5.